The van der Waals surface area contributed by atoms with Gasteiger partial charge in [-0.05, 0) is 44.4 Å². The maximum atomic E-state index is 6.27. The zero-order valence-electron chi connectivity index (χ0n) is 22.6. The van der Waals surface area contributed by atoms with E-state index in [-0.39, 0.29) is 6.10 Å². The van der Waals surface area contributed by atoms with Gasteiger partial charge in [0.05, 0.1) is 25.9 Å². The Morgan fingerprint density at radius 3 is 2.08 bits per heavy atom. The van der Waals surface area contributed by atoms with E-state index in [1.807, 2.05) is 12.1 Å². The molecule has 1 unspecified atom stereocenters. The van der Waals surface area contributed by atoms with Crippen molar-refractivity contribution in [3.05, 3.63) is 89.5 Å². The molecular weight excluding hydrogens is 460 g/mol. The van der Waals surface area contributed by atoms with Gasteiger partial charge in [0.2, 0.25) is 0 Å². The fourth-order valence-corrected chi connectivity index (χ4v) is 6.25. The average molecular weight is 501 g/mol. The molecule has 0 N–H and O–H groups in total. The monoisotopic (exact) mass is 500 g/mol. The van der Waals surface area contributed by atoms with Crippen LogP contribution in [0.1, 0.15) is 49.3 Å². The minimum absolute atomic E-state index is 0.0653. The van der Waals surface area contributed by atoms with Gasteiger partial charge in [0, 0.05) is 49.8 Å². The van der Waals surface area contributed by atoms with Crippen LogP contribution in [0.3, 0.4) is 0 Å². The van der Waals surface area contributed by atoms with Crippen LogP contribution in [-0.4, -0.2) is 61.8 Å². The van der Waals surface area contributed by atoms with Crippen LogP contribution >= 0.6 is 0 Å². The number of piperazine rings is 1. The van der Waals surface area contributed by atoms with Crippen molar-refractivity contribution in [1.29, 1.82) is 0 Å². The van der Waals surface area contributed by atoms with Crippen molar-refractivity contribution in [2.24, 2.45) is 0 Å². The molecular formula is C32H40N2O3. The molecule has 196 valence electrons. The molecule has 0 saturated carbocycles. The van der Waals surface area contributed by atoms with Crippen LogP contribution in [0.2, 0.25) is 0 Å². The third-order valence-corrected chi connectivity index (χ3v) is 7.81. The second-order valence-electron chi connectivity index (χ2n) is 10.6. The first kappa shape index (κ1) is 25.6. The number of hydrogen-bond acceptors (Lipinski definition) is 5. The molecule has 0 bridgehead atoms. The molecule has 2 aliphatic heterocycles. The van der Waals surface area contributed by atoms with Gasteiger partial charge in [-0.15, -0.1) is 0 Å². The Morgan fingerprint density at radius 2 is 1.49 bits per heavy atom. The molecule has 5 heteroatoms. The minimum atomic E-state index is 0.0653. The first-order valence-corrected chi connectivity index (χ1v) is 13.6. The third kappa shape index (κ3) is 5.63. The number of nitrogens with zero attached hydrogens (tertiary/aromatic N) is 2. The second kappa shape index (κ2) is 11.6. The minimum Gasteiger partial charge on any atom is -0.496 e. The lowest BCUT2D eigenvalue weighted by molar-refractivity contribution is 0.0374. The second-order valence-corrected chi connectivity index (χ2v) is 10.6. The van der Waals surface area contributed by atoms with Gasteiger partial charge >= 0.3 is 0 Å². The predicted octanol–water partition coefficient (Wildman–Crippen LogP) is 5.97. The van der Waals surface area contributed by atoms with Crippen molar-refractivity contribution in [3.8, 4) is 17.2 Å². The summed E-state index contributed by atoms with van der Waals surface area (Å²) in [5, 5.41) is 0. The Labute approximate surface area is 222 Å². The van der Waals surface area contributed by atoms with E-state index in [1.165, 1.54) is 30.5 Å². The smallest absolute Gasteiger partial charge is 0.131 e. The lowest BCUT2D eigenvalue weighted by Gasteiger charge is -2.47. The van der Waals surface area contributed by atoms with Gasteiger partial charge in [-0.1, -0.05) is 60.7 Å². The summed E-state index contributed by atoms with van der Waals surface area (Å²) in [5.74, 6) is 2.74. The van der Waals surface area contributed by atoms with Gasteiger partial charge in [0.15, 0.2) is 0 Å². The largest absolute Gasteiger partial charge is 0.496 e. The van der Waals surface area contributed by atoms with E-state index < -0.39 is 0 Å². The highest BCUT2D eigenvalue weighted by Gasteiger charge is 2.42. The molecule has 0 aromatic heterocycles. The van der Waals surface area contributed by atoms with Crippen LogP contribution in [0.25, 0.3) is 0 Å². The maximum absolute atomic E-state index is 6.27. The predicted molar refractivity (Wildman–Crippen MR) is 149 cm³/mol. The Bertz CT molecular complexity index is 1110. The molecule has 5 nitrogen and oxygen atoms in total. The van der Waals surface area contributed by atoms with Gasteiger partial charge < -0.3 is 14.2 Å². The first-order chi connectivity index (χ1) is 18.1. The summed E-state index contributed by atoms with van der Waals surface area (Å²) in [4.78, 5) is 5.41. The van der Waals surface area contributed by atoms with E-state index in [9.17, 15) is 0 Å². The molecule has 0 spiro atoms. The van der Waals surface area contributed by atoms with Gasteiger partial charge in [0.1, 0.15) is 17.2 Å². The Morgan fingerprint density at radius 1 is 0.838 bits per heavy atom. The quantitative estimate of drug-likeness (QED) is 0.362. The summed E-state index contributed by atoms with van der Waals surface area (Å²) >= 11 is 0. The third-order valence-electron chi connectivity index (χ3n) is 7.81. The zero-order valence-corrected chi connectivity index (χ0v) is 22.6. The summed E-state index contributed by atoms with van der Waals surface area (Å²) in [6.45, 7) is 8.13. The molecule has 0 radical (unpaired) electrons. The lowest BCUT2D eigenvalue weighted by atomic mass is 9.82. The Hall–Kier alpha value is -3.02. The molecule has 5 rings (SSSR count). The number of fused-ring (bicyclic) bond motifs is 1. The van der Waals surface area contributed by atoms with Crippen LogP contribution < -0.4 is 14.2 Å². The van der Waals surface area contributed by atoms with E-state index in [0.29, 0.717) is 18.0 Å². The van der Waals surface area contributed by atoms with Crippen LogP contribution in [0, 0.1) is 0 Å². The zero-order chi connectivity index (χ0) is 25.8. The molecule has 2 fully saturated rings. The molecule has 3 aromatic carbocycles. The highest BCUT2D eigenvalue weighted by Crippen LogP contribution is 2.40. The Kier molecular flexibility index (Phi) is 8.02. The maximum Gasteiger partial charge on any atom is 0.131 e. The lowest BCUT2D eigenvalue weighted by Crippen LogP contribution is -2.57. The SMILES string of the molecule is COc1cc(OC)c(CN2CC(C(c3ccccc3)c3ccccc3)N3CCC[C@H]3C2)c(OC(C)C)c1. The van der Waals surface area contributed by atoms with E-state index in [2.05, 4.69) is 84.3 Å². The summed E-state index contributed by atoms with van der Waals surface area (Å²) in [6.07, 6.45) is 2.58. The van der Waals surface area contributed by atoms with Crippen molar-refractivity contribution >= 4 is 0 Å². The van der Waals surface area contributed by atoms with Gasteiger partial charge in [-0.3, -0.25) is 9.80 Å². The standard InChI is InChI=1S/C32H40N2O3/c1-23(2)37-31-19-27(35-3)18-30(36-4)28(31)21-33-20-26-16-11-17-34(26)29(22-33)32(24-12-7-5-8-13-24)25-14-9-6-10-15-25/h5-10,12-15,18-19,23,26,29,32H,11,16-17,20-22H2,1-4H3/t26-,29?/m0/s1. The topological polar surface area (TPSA) is 34.2 Å². The van der Waals surface area contributed by atoms with Crippen LogP contribution in [0.5, 0.6) is 17.2 Å². The first-order valence-electron chi connectivity index (χ1n) is 13.6. The summed E-state index contributed by atoms with van der Waals surface area (Å²) in [5.41, 5.74) is 3.87. The van der Waals surface area contributed by atoms with Crippen molar-refractivity contribution in [1.82, 2.24) is 9.80 Å². The van der Waals surface area contributed by atoms with E-state index >= 15 is 0 Å². The normalized spacial score (nSPS) is 20.3. The highest BCUT2D eigenvalue weighted by atomic mass is 16.5. The molecule has 2 aliphatic rings. The van der Waals surface area contributed by atoms with Crippen molar-refractivity contribution in [3.63, 3.8) is 0 Å². The molecule has 2 heterocycles. The van der Waals surface area contributed by atoms with Crippen molar-refractivity contribution < 1.29 is 14.2 Å². The summed E-state index contributed by atoms with van der Waals surface area (Å²) < 4.78 is 17.7. The molecule has 2 atom stereocenters. The van der Waals surface area contributed by atoms with Crippen molar-refractivity contribution in [2.75, 3.05) is 33.9 Å². The summed E-state index contributed by atoms with van der Waals surface area (Å²) in [7, 11) is 3.42. The molecule has 2 saturated heterocycles. The number of ether oxygens (including phenoxy) is 3. The number of methoxy groups -OCH3 is 2. The van der Waals surface area contributed by atoms with Crippen LogP contribution in [0.15, 0.2) is 72.8 Å². The molecule has 0 amide bonds. The Balaban J connectivity index is 1.51. The number of benzene rings is 3. The van der Waals surface area contributed by atoms with E-state index in [0.717, 1.165) is 42.4 Å². The molecule has 37 heavy (non-hydrogen) atoms. The average Bonchev–Trinajstić information content (AvgIpc) is 3.39. The van der Waals surface area contributed by atoms with Gasteiger partial charge in [-0.25, -0.2) is 0 Å². The van der Waals surface area contributed by atoms with Crippen LogP contribution in [0.4, 0.5) is 0 Å². The fraction of sp³-hybridized carbons (Fsp3) is 0.438. The van der Waals surface area contributed by atoms with Crippen LogP contribution in [-0.2, 0) is 6.54 Å². The van der Waals surface area contributed by atoms with E-state index in [4.69, 9.17) is 14.2 Å². The van der Waals surface area contributed by atoms with Gasteiger partial charge in [-0.2, -0.15) is 0 Å². The number of rotatable bonds is 9. The van der Waals surface area contributed by atoms with Gasteiger partial charge in [0.25, 0.3) is 0 Å². The summed E-state index contributed by atoms with van der Waals surface area (Å²) in [6, 6.07) is 27.0. The van der Waals surface area contributed by atoms with Crippen molar-refractivity contribution in [2.45, 2.75) is 57.3 Å². The molecule has 0 aliphatic carbocycles. The highest BCUT2D eigenvalue weighted by molar-refractivity contribution is 5.51. The number of hydrogen-bond donors (Lipinski definition) is 0. The molecule has 3 aromatic rings. The van der Waals surface area contributed by atoms with E-state index in [1.54, 1.807) is 14.2 Å². The fourth-order valence-electron chi connectivity index (χ4n) is 6.25.